The Morgan fingerprint density at radius 2 is 2.44 bits per heavy atom. The van der Waals surface area contributed by atoms with Gasteiger partial charge in [0.1, 0.15) is 5.51 Å². The number of aromatic nitrogens is 3. The summed E-state index contributed by atoms with van der Waals surface area (Å²) in [5, 5.41) is 13.0. The van der Waals surface area contributed by atoms with E-state index in [0.29, 0.717) is 17.4 Å². The lowest BCUT2D eigenvalue weighted by Gasteiger charge is -2.14. The summed E-state index contributed by atoms with van der Waals surface area (Å²) in [6, 6.07) is 1.54. The molecule has 1 aliphatic heterocycles. The molecule has 96 valence electrons. The van der Waals surface area contributed by atoms with Crippen LogP contribution in [0.15, 0.2) is 16.4 Å². The Balaban J connectivity index is 1.81. The zero-order valence-electron chi connectivity index (χ0n) is 9.82. The van der Waals surface area contributed by atoms with Crippen LogP contribution in [0, 0.1) is 5.92 Å². The van der Waals surface area contributed by atoms with E-state index in [0.717, 1.165) is 25.2 Å². The summed E-state index contributed by atoms with van der Waals surface area (Å²) in [5.74, 6) is 0.359. The van der Waals surface area contributed by atoms with Crippen molar-refractivity contribution in [3.63, 3.8) is 0 Å². The van der Waals surface area contributed by atoms with Gasteiger partial charge < -0.3 is 5.11 Å². The predicted octanol–water partition coefficient (Wildman–Crippen LogP) is -0.0348. The molecule has 1 atom stereocenters. The fourth-order valence-electron chi connectivity index (χ4n) is 2.32. The standard InChI is InChI=1S/C11H14N4O2S/c16-6-8-1-2-14(4-8)5-9-3-10(17)15-11(13-9)18-7-12-15/h3,7-8,16H,1-2,4-6H2. The second kappa shape index (κ2) is 4.75. The molecule has 0 amide bonds. The van der Waals surface area contributed by atoms with Crippen LogP contribution in [0.2, 0.25) is 0 Å². The van der Waals surface area contributed by atoms with Crippen LogP contribution in [0.1, 0.15) is 12.1 Å². The summed E-state index contributed by atoms with van der Waals surface area (Å²) in [6.07, 6.45) is 1.01. The zero-order chi connectivity index (χ0) is 12.5. The fourth-order valence-corrected chi connectivity index (χ4v) is 2.96. The lowest BCUT2D eigenvalue weighted by molar-refractivity contribution is 0.219. The number of fused-ring (bicyclic) bond motifs is 1. The summed E-state index contributed by atoms with van der Waals surface area (Å²) >= 11 is 1.36. The summed E-state index contributed by atoms with van der Waals surface area (Å²) in [6.45, 7) is 2.73. The number of likely N-dealkylation sites (tertiary alicyclic amines) is 1. The summed E-state index contributed by atoms with van der Waals surface area (Å²) in [4.78, 5) is 19.0. The SMILES string of the molecule is O=c1cc(CN2CCC(CO)C2)nc2scnn12. The molecule has 0 bridgehead atoms. The lowest BCUT2D eigenvalue weighted by atomic mass is 10.1. The van der Waals surface area contributed by atoms with Gasteiger partial charge >= 0.3 is 0 Å². The van der Waals surface area contributed by atoms with Crippen molar-refractivity contribution in [1.29, 1.82) is 0 Å². The molecule has 1 saturated heterocycles. The Morgan fingerprint density at radius 1 is 1.56 bits per heavy atom. The van der Waals surface area contributed by atoms with E-state index < -0.39 is 0 Å². The summed E-state index contributed by atoms with van der Waals surface area (Å²) in [7, 11) is 0. The Bertz CT molecular complexity index is 608. The number of rotatable bonds is 3. The van der Waals surface area contributed by atoms with Crippen molar-refractivity contribution >= 4 is 16.3 Å². The quantitative estimate of drug-likeness (QED) is 0.844. The highest BCUT2D eigenvalue weighted by Crippen LogP contribution is 2.17. The van der Waals surface area contributed by atoms with E-state index in [4.69, 9.17) is 5.11 Å². The molecule has 2 aromatic rings. The number of aliphatic hydroxyl groups excluding tert-OH is 1. The van der Waals surface area contributed by atoms with E-state index in [1.165, 1.54) is 15.9 Å². The van der Waals surface area contributed by atoms with Crippen LogP contribution in [-0.4, -0.2) is 44.3 Å². The van der Waals surface area contributed by atoms with Crippen molar-refractivity contribution in [2.24, 2.45) is 5.92 Å². The minimum Gasteiger partial charge on any atom is -0.396 e. The molecule has 18 heavy (non-hydrogen) atoms. The van der Waals surface area contributed by atoms with Crippen molar-refractivity contribution in [1.82, 2.24) is 19.5 Å². The van der Waals surface area contributed by atoms with E-state index in [9.17, 15) is 4.79 Å². The van der Waals surface area contributed by atoms with Crippen molar-refractivity contribution in [3.05, 3.63) is 27.6 Å². The first-order valence-corrected chi connectivity index (χ1v) is 6.80. The molecule has 1 aliphatic rings. The average Bonchev–Trinajstić information content (AvgIpc) is 2.97. The van der Waals surface area contributed by atoms with Gasteiger partial charge in [0.25, 0.3) is 5.56 Å². The van der Waals surface area contributed by atoms with Gasteiger partial charge in [0, 0.05) is 25.8 Å². The van der Waals surface area contributed by atoms with Gasteiger partial charge in [-0.3, -0.25) is 9.69 Å². The highest BCUT2D eigenvalue weighted by atomic mass is 32.1. The van der Waals surface area contributed by atoms with Gasteiger partial charge in [-0.1, -0.05) is 11.3 Å². The van der Waals surface area contributed by atoms with Gasteiger partial charge in [0.05, 0.1) is 5.69 Å². The topological polar surface area (TPSA) is 70.7 Å². The molecule has 3 rings (SSSR count). The highest BCUT2D eigenvalue weighted by molar-refractivity contribution is 7.14. The third kappa shape index (κ3) is 2.16. The van der Waals surface area contributed by atoms with Crippen LogP contribution < -0.4 is 5.56 Å². The van der Waals surface area contributed by atoms with Crippen LogP contribution in [0.25, 0.3) is 4.96 Å². The summed E-state index contributed by atoms with van der Waals surface area (Å²) < 4.78 is 1.31. The van der Waals surface area contributed by atoms with Crippen LogP contribution in [0.4, 0.5) is 0 Å². The molecule has 0 radical (unpaired) electrons. The molecular weight excluding hydrogens is 252 g/mol. The van der Waals surface area contributed by atoms with Crippen LogP contribution in [-0.2, 0) is 6.54 Å². The molecular formula is C11H14N4O2S. The minimum absolute atomic E-state index is 0.130. The molecule has 0 aliphatic carbocycles. The maximum absolute atomic E-state index is 11.8. The Labute approximate surface area is 108 Å². The van der Waals surface area contributed by atoms with E-state index >= 15 is 0 Å². The largest absolute Gasteiger partial charge is 0.396 e. The van der Waals surface area contributed by atoms with E-state index in [2.05, 4.69) is 15.0 Å². The van der Waals surface area contributed by atoms with E-state index in [1.807, 2.05) is 0 Å². The van der Waals surface area contributed by atoms with Gasteiger partial charge in [0.15, 0.2) is 0 Å². The van der Waals surface area contributed by atoms with Crippen molar-refractivity contribution < 1.29 is 5.11 Å². The normalized spacial score (nSPS) is 20.8. The molecule has 2 aromatic heterocycles. The molecule has 3 heterocycles. The molecule has 1 fully saturated rings. The van der Waals surface area contributed by atoms with Gasteiger partial charge in [-0.2, -0.15) is 9.61 Å². The van der Waals surface area contributed by atoms with Crippen molar-refractivity contribution in [2.75, 3.05) is 19.7 Å². The molecule has 0 aromatic carbocycles. The molecule has 0 spiro atoms. The maximum atomic E-state index is 11.8. The predicted molar refractivity (Wildman–Crippen MR) is 67.6 cm³/mol. The first-order valence-electron chi connectivity index (χ1n) is 5.92. The van der Waals surface area contributed by atoms with Gasteiger partial charge in [0.2, 0.25) is 4.96 Å². The molecule has 1 N–H and O–H groups in total. The second-order valence-corrected chi connectivity index (χ2v) is 5.40. The van der Waals surface area contributed by atoms with E-state index in [-0.39, 0.29) is 12.2 Å². The fraction of sp³-hybridized carbons (Fsp3) is 0.545. The van der Waals surface area contributed by atoms with Crippen molar-refractivity contribution in [3.8, 4) is 0 Å². The summed E-state index contributed by atoms with van der Waals surface area (Å²) in [5.41, 5.74) is 2.27. The zero-order valence-corrected chi connectivity index (χ0v) is 10.6. The number of hydrogen-bond acceptors (Lipinski definition) is 6. The number of nitrogens with zero attached hydrogens (tertiary/aromatic N) is 4. The lowest BCUT2D eigenvalue weighted by Crippen LogP contribution is -2.24. The van der Waals surface area contributed by atoms with Gasteiger partial charge in [-0.05, 0) is 18.9 Å². The van der Waals surface area contributed by atoms with Gasteiger partial charge in [-0.15, -0.1) is 0 Å². The monoisotopic (exact) mass is 266 g/mol. The van der Waals surface area contributed by atoms with E-state index in [1.54, 1.807) is 11.6 Å². The number of aliphatic hydroxyl groups is 1. The molecule has 6 nitrogen and oxygen atoms in total. The maximum Gasteiger partial charge on any atom is 0.275 e. The smallest absolute Gasteiger partial charge is 0.275 e. The first kappa shape index (κ1) is 11.8. The molecule has 0 saturated carbocycles. The Hall–Kier alpha value is -1.31. The molecule has 1 unspecified atom stereocenters. The Kier molecular flexibility index (Phi) is 3.11. The number of hydrogen-bond donors (Lipinski definition) is 1. The minimum atomic E-state index is -0.130. The van der Waals surface area contributed by atoms with Crippen LogP contribution >= 0.6 is 11.3 Å². The van der Waals surface area contributed by atoms with Gasteiger partial charge in [-0.25, -0.2) is 4.98 Å². The van der Waals surface area contributed by atoms with Crippen molar-refractivity contribution in [2.45, 2.75) is 13.0 Å². The molecule has 7 heteroatoms. The third-order valence-corrected chi connectivity index (χ3v) is 3.93. The average molecular weight is 266 g/mol. The van der Waals surface area contributed by atoms with Crippen LogP contribution in [0.5, 0.6) is 0 Å². The first-order chi connectivity index (χ1) is 8.76. The van der Waals surface area contributed by atoms with Crippen LogP contribution in [0.3, 0.4) is 0 Å². The Morgan fingerprint density at radius 3 is 3.22 bits per heavy atom. The third-order valence-electron chi connectivity index (χ3n) is 3.25. The highest BCUT2D eigenvalue weighted by Gasteiger charge is 2.22. The second-order valence-electron chi connectivity index (χ2n) is 4.59.